The van der Waals surface area contributed by atoms with E-state index in [2.05, 4.69) is 20.2 Å². The van der Waals surface area contributed by atoms with Crippen molar-refractivity contribution in [3.05, 3.63) is 30.2 Å². The molecular weight excluding hydrogens is 202 g/mol. The number of aromatic nitrogens is 4. The summed E-state index contributed by atoms with van der Waals surface area (Å²) in [5.74, 6) is 0.942. The highest BCUT2D eigenvalue weighted by atomic mass is 15.3. The quantitative estimate of drug-likeness (QED) is 0.754. The van der Waals surface area contributed by atoms with E-state index < -0.39 is 0 Å². The number of hydrogen-bond acceptors (Lipinski definition) is 4. The lowest BCUT2D eigenvalue weighted by Crippen LogP contribution is -2.37. The Balaban J connectivity index is 1.95. The molecule has 1 aliphatic heterocycles. The minimum absolute atomic E-state index is 0.942. The molecule has 1 aliphatic rings. The summed E-state index contributed by atoms with van der Waals surface area (Å²) in [5.41, 5.74) is 1.97. The minimum Gasteiger partial charge on any atom is -0.355 e. The fraction of sp³-hybridized carbons (Fsp3) is 0.364. The van der Waals surface area contributed by atoms with Gasteiger partial charge in [-0.1, -0.05) is 0 Å². The number of hydrogen-bond donors (Lipinski definition) is 0. The first kappa shape index (κ1) is 9.33. The van der Waals surface area contributed by atoms with E-state index >= 15 is 0 Å². The summed E-state index contributed by atoms with van der Waals surface area (Å²) in [6, 6.07) is 4.00. The first-order chi connectivity index (χ1) is 7.83. The smallest absolute Gasteiger partial charge is 0.153 e. The summed E-state index contributed by atoms with van der Waals surface area (Å²) in [6.07, 6.45) is 4.91. The van der Waals surface area contributed by atoms with Crippen LogP contribution in [0.1, 0.15) is 12.1 Å². The molecule has 1 fully saturated rings. The van der Waals surface area contributed by atoms with Gasteiger partial charge in [0, 0.05) is 25.4 Å². The Morgan fingerprint density at radius 3 is 2.81 bits per heavy atom. The second-order valence-electron chi connectivity index (χ2n) is 4.01. The Hall–Kier alpha value is -1.91. The fourth-order valence-corrected chi connectivity index (χ4v) is 1.73. The van der Waals surface area contributed by atoms with Crippen molar-refractivity contribution in [2.24, 2.45) is 0 Å². The predicted octanol–water partition coefficient (Wildman–Crippen LogP) is 1.18. The van der Waals surface area contributed by atoms with Gasteiger partial charge in [-0.3, -0.25) is 0 Å². The van der Waals surface area contributed by atoms with Crippen LogP contribution in [0, 0.1) is 6.92 Å². The van der Waals surface area contributed by atoms with Crippen LogP contribution in [0.5, 0.6) is 0 Å². The zero-order valence-corrected chi connectivity index (χ0v) is 9.17. The molecule has 0 atom stereocenters. The van der Waals surface area contributed by atoms with Crippen LogP contribution in [-0.4, -0.2) is 33.1 Å². The topological polar surface area (TPSA) is 46.8 Å². The van der Waals surface area contributed by atoms with E-state index in [-0.39, 0.29) is 0 Å². The van der Waals surface area contributed by atoms with Gasteiger partial charge in [0.2, 0.25) is 0 Å². The molecule has 0 bridgehead atoms. The van der Waals surface area contributed by atoms with Crippen molar-refractivity contribution in [1.82, 2.24) is 20.0 Å². The average Bonchev–Trinajstić information content (AvgIpc) is 2.63. The molecule has 3 rings (SSSR count). The summed E-state index contributed by atoms with van der Waals surface area (Å²) >= 11 is 0. The van der Waals surface area contributed by atoms with Crippen LogP contribution in [-0.2, 0) is 0 Å². The average molecular weight is 215 g/mol. The molecule has 0 aliphatic carbocycles. The molecule has 82 valence electrons. The molecule has 5 heteroatoms. The molecule has 0 aromatic carbocycles. The van der Waals surface area contributed by atoms with E-state index in [1.54, 1.807) is 6.20 Å². The lowest BCUT2D eigenvalue weighted by molar-refractivity contribution is 0.604. The van der Waals surface area contributed by atoms with Gasteiger partial charge in [0.25, 0.3) is 0 Å². The Morgan fingerprint density at radius 2 is 2.19 bits per heavy atom. The maximum absolute atomic E-state index is 4.36. The van der Waals surface area contributed by atoms with Gasteiger partial charge in [-0.05, 0) is 19.4 Å². The van der Waals surface area contributed by atoms with Gasteiger partial charge >= 0.3 is 0 Å². The maximum atomic E-state index is 4.36. The monoisotopic (exact) mass is 215 g/mol. The van der Waals surface area contributed by atoms with E-state index in [4.69, 9.17) is 0 Å². The summed E-state index contributed by atoms with van der Waals surface area (Å²) < 4.78 is 1.83. The van der Waals surface area contributed by atoms with Gasteiger partial charge in [0.05, 0.1) is 17.6 Å². The van der Waals surface area contributed by atoms with Crippen molar-refractivity contribution in [2.75, 3.05) is 18.0 Å². The molecule has 0 N–H and O–H groups in total. The third kappa shape index (κ3) is 1.54. The highest BCUT2D eigenvalue weighted by molar-refractivity contribution is 5.46. The minimum atomic E-state index is 0.942. The normalized spacial score (nSPS) is 14.9. The Labute approximate surface area is 93.7 Å². The highest BCUT2D eigenvalue weighted by Gasteiger charge is 2.16. The molecular formula is C11H13N5. The van der Waals surface area contributed by atoms with E-state index in [1.165, 1.54) is 6.42 Å². The predicted molar refractivity (Wildman–Crippen MR) is 60.7 cm³/mol. The molecule has 0 radical (unpaired) electrons. The molecule has 0 spiro atoms. The fourth-order valence-electron chi connectivity index (χ4n) is 1.73. The number of nitrogens with zero attached hydrogens (tertiary/aromatic N) is 5. The molecule has 1 saturated heterocycles. The molecule has 2 aromatic heterocycles. The Morgan fingerprint density at radius 1 is 1.31 bits per heavy atom. The molecule has 16 heavy (non-hydrogen) atoms. The molecule has 3 heterocycles. The van der Waals surface area contributed by atoms with Gasteiger partial charge in [-0.2, -0.15) is 10.2 Å². The van der Waals surface area contributed by atoms with Gasteiger partial charge in [-0.25, -0.2) is 4.68 Å². The van der Waals surface area contributed by atoms with Gasteiger partial charge < -0.3 is 4.90 Å². The third-order valence-electron chi connectivity index (χ3n) is 2.79. The van der Waals surface area contributed by atoms with E-state index in [1.807, 2.05) is 29.9 Å². The lowest BCUT2D eigenvalue weighted by Gasteiger charge is -2.31. The van der Waals surface area contributed by atoms with E-state index in [0.29, 0.717) is 0 Å². The highest BCUT2D eigenvalue weighted by Crippen LogP contribution is 2.19. The van der Waals surface area contributed by atoms with Gasteiger partial charge in [0.15, 0.2) is 5.82 Å². The molecule has 0 amide bonds. The van der Waals surface area contributed by atoms with Crippen molar-refractivity contribution in [3.8, 4) is 5.69 Å². The van der Waals surface area contributed by atoms with Crippen LogP contribution in [0.3, 0.4) is 0 Å². The Kier molecular flexibility index (Phi) is 2.09. The van der Waals surface area contributed by atoms with Crippen molar-refractivity contribution < 1.29 is 0 Å². The first-order valence-corrected chi connectivity index (χ1v) is 5.43. The molecule has 0 unspecified atom stereocenters. The summed E-state index contributed by atoms with van der Waals surface area (Å²) in [6.45, 7) is 4.13. The van der Waals surface area contributed by atoms with Crippen LogP contribution in [0.15, 0.2) is 24.5 Å². The van der Waals surface area contributed by atoms with Crippen molar-refractivity contribution in [2.45, 2.75) is 13.3 Å². The standard InChI is InChI=1S/C11H13N5/c1-9-3-6-16(14-9)10-7-11(13-12-8-10)15-4-2-5-15/h3,6-8H,2,4-5H2,1H3. The second-order valence-corrected chi connectivity index (χ2v) is 4.01. The summed E-state index contributed by atoms with van der Waals surface area (Å²) in [7, 11) is 0. The van der Waals surface area contributed by atoms with Gasteiger partial charge in [-0.15, -0.1) is 5.10 Å². The second kappa shape index (κ2) is 3.59. The molecule has 5 nitrogen and oxygen atoms in total. The number of aryl methyl sites for hydroxylation is 1. The van der Waals surface area contributed by atoms with E-state index in [0.717, 1.165) is 30.3 Å². The van der Waals surface area contributed by atoms with Crippen molar-refractivity contribution in [3.63, 3.8) is 0 Å². The number of anilines is 1. The summed E-state index contributed by atoms with van der Waals surface area (Å²) in [4.78, 5) is 2.22. The van der Waals surface area contributed by atoms with Gasteiger partial charge in [0.1, 0.15) is 0 Å². The first-order valence-electron chi connectivity index (χ1n) is 5.43. The number of rotatable bonds is 2. The third-order valence-corrected chi connectivity index (χ3v) is 2.79. The SMILES string of the molecule is Cc1ccn(-c2cnnc(N3CCC3)c2)n1. The van der Waals surface area contributed by atoms with E-state index in [9.17, 15) is 0 Å². The lowest BCUT2D eigenvalue weighted by atomic mass is 10.2. The zero-order chi connectivity index (χ0) is 11.0. The van der Waals surface area contributed by atoms with Crippen molar-refractivity contribution >= 4 is 5.82 Å². The Bertz CT molecular complexity index is 501. The van der Waals surface area contributed by atoms with Crippen LogP contribution < -0.4 is 4.90 Å². The maximum Gasteiger partial charge on any atom is 0.153 e. The zero-order valence-electron chi connectivity index (χ0n) is 9.17. The van der Waals surface area contributed by atoms with Crippen LogP contribution >= 0.6 is 0 Å². The summed E-state index contributed by atoms with van der Waals surface area (Å²) in [5, 5.41) is 12.5. The van der Waals surface area contributed by atoms with Crippen molar-refractivity contribution in [1.29, 1.82) is 0 Å². The van der Waals surface area contributed by atoms with Crippen LogP contribution in [0.2, 0.25) is 0 Å². The molecule has 0 saturated carbocycles. The van der Waals surface area contributed by atoms with Crippen LogP contribution in [0.25, 0.3) is 5.69 Å². The van der Waals surface area contributed by atoms with Crippen LogP contribution in [0.4, 0.5) is 5.82 Å². The molecule has 2 aromatic rings. The largest absolute Gasteiger partial charge is 0.355 e.